The van der Waals surface area contributed by atoms with Crippen molar-refractivity contribution in [1.82, 2.24) is 0 Å². The molecule has 146 valence electrons. The van der Waals surface area contributed by atoms with Crippen LogP contribution in [0, 0.1) is 11.8 Å². The van der Waals surface area contributed by atoms with Crippen molar-refractivity contribution in [2.45, 2.75) is 66.1 Å². The lowest BCUT2D eigenvalue weighted by molar-refractivity contribution is -0.138. The minimum Gasteiger partial charge on any atom is -0.508 e. The molecule has 0 radical (unpaired) electrons. The molecule has 0 fully saturated rings. The molecule has 0 aromatic carbocycles. The number of Topliss-reactive ketones (excluding diaryl/α,β-unsaturated/α-hetero) is 2. The summed E-state index contributed by atoms with van der Waals surface area (Å²) in [5, 5.41) is 22.2. The van der Waals surface area contributed by atoms with Crippen molar-refractivity contribution in [3.05, 3.63) is 34.6 Å². The quantitative estimate of drug-likeness (QED) is 0.507. The number of methoxy groups -OCH3 is 1. The first-order valence-electron chi connectivity index (χ1n) is 9.02. The van der Waals surface area contributed by atoms with E-state index >= 15 is 0 Å². The molecule has 26 heavy (non-hydrogen) atoms. The topological polar surface area (TPSA) is 83.8 Å². The molecule has 3 atom stereocenters. The lowest BCUT2D eigenvalue weighted by atomic mass is 9.80. The Morgan fingerprint density at radius 2 is 1.73 bits per heavy atom. The van der Waals surface area contributed by atoms with Gasteiger partial charge in [-0.2, -0.15) is 0 Å². The van der Waals surface area contributed by atoms with E-state index in [-0.39, 0.29) is 12.0 Å². The molecule has 2 N–H and O–H groups in total. The van der Waals surface area contributed by atoms with Crippen LogP contribution in [0.5, 0.6) is 0 Å². The van der Waals surface area contributed by atoms with Gasteiger partial charge >= 0.3 is 0 Å². The average molecular weight is 364 g/mol. The van der Waals surface area contributed by atoms with Gasteiger partial charge in [-0.25, -0.2) is 0 Å². The summed E-state index contributed by atoms with van der Waals surface area (Å²) in [5.41, 5.74) is -0.193. The molecular weight excluding hydrogens is 332 g/mol. The smallest absolute Gasteiger partial charge is 0.176 e. The van der Waals surface area contributed by atoms with Crippen LogP contribution in [0.3, 0.4) is 0 Å². The number of allylic oxidation sites excluding steroid dienone is 4. The van der Waals surface area contributed by atoms with Crippen molar-refractivity contribution >= 4 is 11.6 Å². The van der Waals surface area contributed by atoms with Gasteiger partial charge in [0.1, 0.15) is 11.3 Å². The third-order valence-corrected chi connectivity index (χ3v) is 4.76. The number of hydrogen-bond acceptors (Lipinski definition) is 5. The highest BCUT2D eigenvalue weighted by Crippen LogP contribution is 2.44. The number of hydrogen-bond donors (Lipinski definition) is 2. The van der Waals surface area contributed by atoms with E-state index in [1.165, 1.54) is 7.11 Å². The maximum atomic E-state index is 12.9. The molecule has 1 aliphatic rings. The van der Waals surface area contributed by atoms with Crippen LogP contribution in [-0.4, -0.2) is 40.6 Å². The van der Waals surface area contributed by atoms with Gasteiger partial charge in [0, 0.05) is 13.0 Å². The number of rotatable bonds is 8. The molecule has 5 nitrogen and oxygen atoms in total. The van der Waals surface area contributed by atoms with E-state index in [4.69, 9.17) is 4.74 Å². The Hall–Kier alpha value is -1.72. The van der Waals surface area contributed by atoms with Crippen molar-refractivity contribution in [2.24, 2.45) is 11.8 Å². The zero-order chi connectivity index (χ0) is 20.2. The van der Waals surface area contributed by atoms with Crippen molar-refractivity contribution in [2.75, 3.05) is 7.11 Å². The third-order valence-electron chi connectivity index (χ3n) is 4.76. The van der Waals surface area contributed by atoms with E-state index in [9.17, 15) is 19.8 Å². The minimum atomic E-state index is -1.93. The van der Waals surface area contributed by atoms with Gasteiger partial charge in [0.2, 0.25) is 0 Å². The lowest BCUT2D eigenvalue weighted by Crippen LogP contribution is -2.50. The van der Waals surface area contributed by atoms with Crippen molar-refractivity contribution < 1.29 is 24.5 Å². The molecule has 0 aromatic rings. The molecule has 0 amide bonds. The van der Waals surface area contributed by atoms with Gasteiger partial charge in [-0.15, -0.1) is 0 Å². The molecule has 0 saturated carbocycles. The zero-order valence-corrected chi connectivity index (χ0v) is 16.9. The monoisotopic (exact) mass is 364 g/mol. The highest BCUT2D eigenvalue weighted by atomic mass is 16.5. The average Bonchev–Trinajstić information content (AvgIpc) is 2.72. The fraction of sp³-hybridized carbons (Fsp3) is 0.619. The Kier molecular flexibility index (Phi) is 7.54. The summed E-state index contributed by atoms with van der Waals surface area (Å²) >= 11 is 0. The van der Waals surface area contributed by atoms with Gasteiger partial charge in [-0.1, -0.05) is 37.1 Å². The van der Waals surface area contributed by atoms with Gasteiger partial charge in [-0.05, 0) is 40.5 Å². The summed E-state index contributed by atoms with van der Waals surface area (Å²) in [4.78, 5) is 25.4. The fourth-order valence-corrected chi connectivity index (χ4v) is 3.20. The molecule has 1 unspecified atom stereocenters. The lowest BCUT2D eigenvalue weighted by Gasteiger charge is -2.35. The highest BCUT2D eigenvalue weighted by Gasteiger charge is 2.58. The van der Waals surface area contributed by atoms with Crippen LogP contribution in [0.4, 0.5) is 0 Å². The fourth-order valence-electron chi connectivity index (χ4n) is 3.20. The number of aliphatic hydroxyl groups excluding tert-OH is 1. The van der Waals surface area contributed by atoms with Crippen LogP contribution in [0.2, 0.25) is 0 Å². The molecule has 0 saturated heterocycles. The largest absolute Gasteiger partial charge is 0.508 e. The van der Waals surface area contributed by atoms with E-state index in [1.807, 2.05) is 39.8 Å². The number of carbonyl (C=O) groups excluding carboxylic acids is 2. The Balaban J connectivity index is 3.50. The van der Waals surface area contributed by atoms with E-state index in [2.05, 4.69) is 0 Å². The van der Waals surface area contributed by atoms with Gasteiger partial charge in [0.25, 0.3) is 0 Å². The summed E-state index contributed by atoms with van der Waals surface area (Å²) in [6.45, 7) is 10.9. The van der Waals surface area contributed by atoms with E-state index in [1.54, 1.807) is 13.8 Å². The van der Waals surface area contributed by atoms with Gasteiger partial charge < -0.3 is 14.9 Å². The van der Waals surface area contributed by atoms with E-state index in [0.29, 0.717) is 6.42 Å². The molecule has 0 aliphatic heterocycles. The van der Waals surface area contributed by atoms with Crippen LogP contribution in [0.15, 0.2) is 34.6 Å². The molecule has 1 rings (SSSR count). The Bertz CT molecular complexity index is 645. The molecular formula is C21H32O5. The predicted octanol–water partition coefficient (Wildman–Crippen LogP) is 3.68. The summed E-state index contributed by atoms with van der Waals surface area (Å²) in [5.74, 6) is -2.93. The van der Waals surface area contributed by atoms with Gasteiger partial charge in [0.05, 0.1) is 12.0 Å². The molecule has 1 aliphatic carbocycles. The second kappa shape index (κ2) is 8.78. The van der Waals surface area contributed by atoms with Gasteiger partial charge in [-0.3, -0.25) is 9.59 Å². The molecule has 0 aromatic heterocycles. The van der Waals surface area contributed by atoms with Crippen LogP contribution in [-0.2, 0) is 14.3 Å². The number of carbonyl (C=O) groups is 2. The van der Waals surface area contributed by atoms with Crippen LogP contribution in [0.25, 0.3) is 0 Å². The molecule has 0 spiro atoms. The Labute approximate surface area is 156 Å². The number of aliphatic hydroxyl groups is 2. The first kappa shape index (κ1) is 22.3. The minimum absolute atomic E-state index is 0.227. The predicted molar refractivity (Wildman–Crippen MR) is 102 cm³/mol. The molecule has 0 bridgehead atoms. The van der Waals surface area contributed by atoms with Crippen molar-refractivity contribution in [3.63, 3.8) is 0 Å². The van der Waals surface area contributed by atoms with Crippen molar-refractivity contribution in [3.8, 4) is 0 Å². The maximum absolute atomic E-state index is 12.9. The number of ketones is 2. The Morgan fingerprint density at radius 3 is 2.15 bits per heavy atom. The standard InChI is InChI=1S/C21H32O5/c1-12(2)8-10-15-19(23)17(18(22)14(5)6)20(24)21(15,25)16(26-7)11-9-13(3)4/h8-9,14-16,24-25H,10-11H2,1-7H3/t15-,16?,21-/m1/s1. The van der Waals surface area contributed by atoms with Gasteiger partial charge in [0.15, 0.2) is 17.2 Å². The second-order valence-electron chi connectivity index (χ2n) is 7.74. The van der Waals surface area contributed by atoms with Crippen LogP contribution >= 0.6 is 0 Å². The highest BCUT2D eigenvalue weighted by molar-refractivity contribution is 6.24. The Morgan fingerprint density at radius 1 is 1.19 bits per heavy atom. The zero-order valence-electron chi connectivity index (χ0n) is 16.9. The van der Waals surface area contributed by atoms with Crippen LogP contribution < -0.4 is 0 Å². The summed E-state index contributed by atoms with van der Waals surface area (Å²) in [6, 6.07) is 0. The summed E-state index contributed by atoms with van der Waals surface area (Å²) in [6.07, 6.45) is 3.42. The summed E-state index contributed by atoms with van der Waals surface area (Å²) in [7, 11) is 1.43. The first-order valence-corrected chi connectivity index (χ1v) is 9.02. The second-order valence-corrected chi connectivity index (χ2v) is 7.74. The molecule has 0 heterocycles. The molecule has 5 heteroatoms. The van der Waals surface area contributed by atoms with E-state index in [0.717, 1.165) is 11.1 Å². The van der Waals surface area contributed by atoms with Crippen LogP contribution in [0.1, 0.15) is 54.4 Å². The number of ether oxygens (including phenoxy) is 1. The normalized spacial score (nSPS) is 24.0. The van der Waals surface area contributed by atoms with E-state index < -0.39 is 40.9 Å². The van der Waals surface area contributed by atoms with Crippen molar-refractivity contribution in [1.29, 1.82) is 0 Å². The maximum Gasteiger partial charge on any atom is 0.176 e. The third kappa shape index (κ3) is 4.33. The SMILES string of the molecule is COC(CC=C(C)C)[C@@]1(O)C(O)=C(C(=O)C(C)C)C(=O)[C@H]1CC=C(C)C. The summed E-state index contributed by atoms with van der Waals surface area (Å²) < 4.78 is 5.46. The first-order chi connectivity index (χ1) is 12.0.